The molecule has 0 fully saturated rings. The van der Waals surface area contributed by atoms with E-state index in [-0.39, 0.29) is 10.9 Å². The first kappa shape index (κ1) is 12.0. The Bertz CT molecular complexity index is 466. The zero-order valence-electron chi connectivity index (χ0n) is 8.67. The van der Waals surface area contributed by atoms with Gasteiger partial charge in [0.2, 0.25) is 5.82 Å². The number of imidazole rings is 1. The van der Waals surface area contributed by atoms with Crippen LogP contribution in [0.3, 0.4) is 0 Å². The summed E-state index contributed by atoms with van der Waals surface area (Å²) in [6.07, 6.45) is 1.30. The van der Waals surface area contributed by atoms with Gasteiger partial charge in [0, 0.05) is 0 Å². The van der Waals surface area contributed by atoms with Crippen LogP contribution in [0.4, 0.5) is 5.82 Å². The van der Waals surface area contributed by atoms with E-state index in [0.717, 1.165) is 0 Å². The second kappa shape index (κ2) is 4.66. The molecule has 1 heterocycles. The first-order valence-corrected chi connectivity index (χ1v) is 4.60. The Hall–Kier alpha value is -2.03. The van der Waals surface area contributed by atoms with E-state index in [2.05, 4.69) is 27.7 Å². The molecule has 3 N–H and O–H groups in total. The smallest absolute Gasteiger partial charge is 0.345 e. The van der Waals surface area contributed by atoms with E-state index in [0.29, 0.717) is 11.5 Å². The molecule has 86 valence electrons. The lowest BCUT2D eigenvalue weighted by molar-refractivity contribution is -0.392. The van der Waals surface area contributed by atoms with Gasteiger partial charge < -0.3 is 15.8 Å². The molecular weight excluding hydrogens is 232 g/mol. The molecular formula is C7H10N6O2S. The average Bonchev–Trinajstić information content (AvgIpc) is 2.41. The first-order valence-electron chi connectivity index (χ1n) is 4.19. The molecule has 9 heteroatoms. The van der Waals surface area contributed by atoms with Crippen LogP contribution in [0.5, 0.6) is 0 Å². The maximum Gasteiger partial charge on any atom is 0.345 e. The lowest BCUT2D eigenvalue weighted by Gasteiger charge is -1.95. The highest BCUT2D eigenvalue weighted by Gasteiger charge is 2.20. The van der Waals surface area contributed by atoms with Crippen molar-refractivity contribution in [3.8, 4) is 0 Å². The third-order valence-corrected chi connectivity index (χ3v) is 1.89. The Morgan fingerprint density at radius 1 is 1.81 bits per heavy atom. The van der Waals surface area contributed by atoms with Crippen LogP contribution in [0.1, 0.15) is 11.5 Å². The molecule has 0 aliphatic carbocycles. The summed E-state index contributed by atoms with van der Waals surface area (Å²) in [5.74, 6) is 0.268. The quantitative estimate of drug-likeness (QED) is 0.329. The minimum Gasteiger partial charge on any atom is -0.375 e. The molecule has 0 radical (unpaired) electrons. The van der Waals surface area contributed by atoms with Crippen molar-refractivity contribution < 1.29 is 4.92 Å². The number of thiocarbonyl (C=S) groups is 1. The fraction of sp³-hybridized carbons (Fsp3) is 0.286. The summed E-state index contributed by atoms with van der Waals surface area (Å²) in [4.78, 5) is 14.2. The summed E-state index contributed by atoms with van der Waals surface area (Å²) in [6, 6.07) is 0. The molecule has 1 aromatic rings. The average molecular weight is 242 g/mol. The van der Waals surface area contributed by atoms with Crippen LogP contribution >= 0.6 is 12.2 Å². The van der Waals surface area contributed by atoms with Gasteiger partial charge in [-0.1, -0.05) is 0 Å². The number of hydrazone groups is 1. The number of rotatable bonds is 3. The largest absolute Gasteiger partial charge is 0.375 e. The predicted octanol–water partition coefficient (Wildman–Crippen LogP) is -0.196. The number of hydrogen-bond acceptors (Lipinski definition) is 5. The van der Waals surface area contributed by atoms with Crippen molar-refractivity contribution in [1.82, 2.24) is 15.0 Å². The van der Waals surface area contributed by atoms with Crippen molar-refractivity contribution in [2.45, 2.75) is 6.92 Å². The molecule has 0 amide bonds. The van der Waals surface area contributed by atoms with E-state index in [1.54, 1.807) is 6.92 Å². The standard InChI is InChI=1S/C7H10N6O2S/c1-4-6(13(14)15)12(2)5(10-4)3-9-11-7(8)16/h3H,1-2H3,(H3,8,11,16)/b9-3+. The minimum atomic E-state index is -0.499. The maximum atomic E-state index is 10.7. The summed E-state index contributed by atoms with van der Waals surface area (Å²) in [5, 5.41) is 14.4. The van der Waals surface area contributed by atoms with Crippen LogP contribution in [0.15, 0.2) is 5.10 Å². The van der Waals surface area contributed by atoms with Gasteiger partial charge >= 0.3 is 5.82 Å². The second-order valence-corrected chi connectivity index (χ2v) is 3.37. The van der Waals surface area contributed by atoms with E-state index < -0.39 is 4.92 Å². The Labute approximate surface area is 96.3 Å². The molecule has 0 atom stereocenters. The normalized spacial score (nSPS) is 10.6. The Kier molecular flexibility index (Phi) is 3.51. The van der Waals surface area contributed by atoms with Crippen LogP contribution in [0, 0.1) is 17.0 Å². The van der Waals surface area contributed by atoms with Gasteiger partial charge in [0.15, 0.2) is 5.11 Å². The molecule has 16 heavy (non-hydrogen) atoms. The minimum absolute atomic E-state index is 0.0108. The molecule has 0 saturated carbocycles. The molecule has 0 aliphatic heterocycles. The van der Waals surface area contributed by atoms with Crippen LogP contribution < -0.4 is 11.2 Å². The molecule has 0 bridgehead atoms. The third kappa shape index (κ3) is 2.51. The van der Waals surface area contributed by atoms with Crippen molar-refractivity contribution in [2.24, 2.45) is 17.9 Å². The molecule has 0 aliphatic rings. The van der Waals surface area contributed by atoms with E-state index in [4.69, 9.17) is 5.73 Å². The third-order valence-electron chi connectivity index (χ3n) is 1.79. The van der Waals surface area contributed by atoms with Crippen LogP contribution in [0.2, 0.25) is 0 Å². The van der Waals surface area contributed by atoms with Gasteiger partial charge in [-0.3, -0.25) is 5.43 Å². The van der Waals surface area contributed by atoms with Crippen LogP contribution in [-0.4, -0.2) is 25.8 Å². The Morgan fingerprint density at radius 3 is 2.88 bits per heavy atom. The Morgan fingerprint density at radius 2 is 2.44 bits per heavy atom. The molecule has 0 saturated heterocycles. The molecule has 8 nitrogen and oxygen atoms in total. The van der Waals surface area contributed by atoms with E-state index >= 15 is 0 Å². The van der Waals surface area contributed by atoms with Crippen LogP contribution in [0.25, 0.3) is 0 Å². The number of nitrogens with two attached hydrogens (primary N) is 1. The number of nitro groups is 1. The van der Waals surface area contributed by atoms with Crippen molar-refractivity contribution in [2.75, 3.05) is 0 Å². The molecule has 0 spiro atoms. The van der Waals surface area contributed by atoms with Gasteiger partial charge in [0.05, 0.1) is 7.05 Å². The van der Waals surface area contributed by atoms with Gasteiger partial charge in [0.1, 0.15) is 11.9 Å². The van der Waals surface area contributed by atoms with Gasteiger partial charge in [-0.15, -0.1) is 0 Å². The fourth-order valence-electron chi connectivity index (χ4n) is 1.17. The molecule has 0 unspecified atom stereocenters. The van der Waals surface area contributed by atoms with Gasteiger partial charge in [0.25, 0.3) is 0 Å². The fourth-order valence-corrected chi connectivity index (χ4v) is 1.22. The van der Waals surface area contributed by atoms with E-state index in [1.165, 1.54) is 17.8 Å². The maximum absolute atomic E-state index is 10.7. The van der Waals surface area contributed by atoms with Gasteiger partial charge in [-0.25, -0.2) is 9.55 Å². The van der Waals surface area contributed by atoms with Gasteiger partial charge in [-0.2, -0.15) is 5.10 Å². The summed E-state index contributed by atoms with van der Waals surface area (Å²) < 4.78 is 1.32. The summed E-state index contributed by atoms with van der Waals surface area (Å²) >= 11 is 4.53. The van der Waals surface area contributed by atoms with Crippen molar-refractivity contribution in [3.05, 3.63) is 21.6 Å². The monoisotopic (exact) mass is 242 g/mol. The van der Waals surface area contributed by atoms with Crippen molar-refractivity contribution >= 4 is 29.4 Å². The van der Waals surface area contributed by atoms with Gasteiger partial charge in [-0.05, 0) is 24.1 Å². The Balaban J connectivity index is 2.99. The SMILES string of the molecule is Cc1nc(/C=N/NC(N)=S)n(C)c1[N+](=O)[O-]. The summed E-state index contributed by atoms with van der Waals surface area (Å²) in [5.41, 5.74) is 7.81. The predicted molar refractivity (Wildman–Crippen MR) is 62.1 cm³/mol. The first-order chi connectivity index (χ1) is 7.43. The molecule has 1 aromatic heterocycles. The summed E-state index contributed by atoms with van der Waals surface area (Å²) in [7, 11) is 1.53. The van der Waals surface area contributed by atoms with Crippen LogP contribution in [-0.2, 0) is 7.05 Å². The summed E-state index contributed by atoms with van der Waals surface area (Å²) in [6.45, 7) is 1.55. The number of aryl methyl sites for hydroxylation is 1. The lowest BCUT2D eigenvalue weighted by atomic mass is 10.5. The zero-order valence-corrected chi connectivity index (χ0v) is 9.48. The van der Waals surface area contributed by atoms with Crippen molar-refractivity contribution in [3.63, 3.8) is 0 Å². The highest BCUT2D eigenvalue weighted by Crippen LogP contribution is 2.16. The highest BCUT2D eigenvalue weighted by molar-refractivity contribution is 7.80. The van der Waals surface area contributed by atoms with E-state index in [1.807, 2.05) is 0 Å². The lowest BCUT2D eigenvalue weighted by Crippen LogP contribution is -2.24. The number of aromatic nitrogens is 2. The number of nitrogens with one attached hydrogen (secondary N) is 1. The second-order valence-electron chi connectivity index (χ2n) is 2.93. The topological polar surface area (TPSA) is 111 Å². The molecule has 0 aromatic carbocycles. The highest BCUT2D eigenvalue weighted by atomic mass is 32.1. The zero-order chi connectivity index (χ0) is 12.3. The number of hydrogen-bond donors (Lipinski definition) is 2. The van der Waals surface area contributed by atoms with Crippen molar-refractivity contribution in [1.29, 1.82) is 0 Å². The van der Waals surface area contributed by atoms with E-state index in [9.17, 15) is 10.1 Å². The number of nitrogens with zero attached hydrogens (tertiary/aromatic N) is 4. The molecule has 1 rings (SSSR count).